The van der Waals surface area contributed by atoms with Crippen LogP contribution in [0.5, 0.6) is 0 Å². The predicted octanol–water partition coefficient (Wildman–Crippen LogP) is 3.22. The van der Waals surface area contributed by atoms with Crippen LogP contribution in [0, 0.1) is 0 Å². The summed E-state index contributed by atoms with van der Waals surface area (Å²) >= 11 is 0. The van der Waals surface area contributed by atoms with E-state index in [0.717, 1.165) is 42.3 Å². The van der Waals surface area contributed by atoms with Crippen molar-refractivity contribution in [3.05, 3.63) is 30.1 Å². The van der Waals surface area contributed by atoms with Crippen LogP contribution >= 0.6 is 24.0 Å². The zero-order valence-corrected chi connectivity index (χ0v) is 16.0. The third kappa shape index (κ3) is 5.09. The number of hydrogen-bond donors (Lipinski definition) is 3. The van der Waals surface area contributed by atoms with E-state index in [1.807, 2.05) is 18.2 Å². The second-order valence-corrected chi connectivity index (χ2v) is 5.84. The Morgan fingerprint density at radius 1 is 1.30 bits per heavy atom. The van der Waals surface area contributed by atoms with Gasteiger partial charge in [-0.1, -0.05) is 25.0 Å². The molecule has 1 saturated carbocycles. The molecule has 23 heavy (non-hydrogen) atoms. The molecule has 5 nitrogen and oxygen atoms in total. The van der Waals surface area contributed by atoms with E-state index in [2.05, 4.69) is 38.6 Å². The average Bonchev–Trinajstić information content (AvgIpc) is 3.16. The maximum Gasteiger partial charge on any atom is 0.191 e. The number of fused-ring (bicyclic) bond motifs is 1. The Labute approximate surface area is 154 Å². The molecule has 0 atom stereocenters. The van der Waals surface area contributed by atoms with Gasteiger partial charge in [0.1, 0.15) is 5.82 Å². The van der Waals surface area contributed by atoms with Gasteiger partial charge in [0.15, 0.2) is 5.96 Å². The van der Waals surface area contributed by atoms with E-state index in [1.165, 1.54) is 25.7 Å². The first-order chi connectivity index (χ1) is 10.8. The number of nitrogens with one attached hydrogen (secondary N) is 3. The first-order valence-electron chi connectivity index (χ1n) is 8.33. The van der Waals surface area contributed by atoms with Crippen molar-refractivity contribution in [1.29, 1.82) is 0 Å². The molecule has 2 aromatic rings. The van der Waals surface area contributed by atoms with Gasteiger partial charge in [-0.2, -0.15) is 0 Å². The van der Waals surface area contributed by atoms with E-state index < -0.39 is 0 Å². The van der Waals surface area contributed by atoms with Crippen LogP contribution in [0.1, 0.15) is 38.4 Å². The normalized spacial score (nSPS) is 15.6. The molecule has 1 fully saturated rings. The fourth-order valence-corrected chi connectivity index (χ4v) is 2.98. The van der Waals surface area contributed by atoms with Gasteiger partial charge in [-0.15, -0.1) is 24.0 Å². The summed E-state index contributed by atoms with van der Waals surface area (Å²) < 4.78 is 0. The van der Waals surface area contributed by atoms with Crippen LogP contribution in [0.3, 0.4) is 0 Å². The lowest BCUT2D eigenvalue weighted by Crippen LogP contribution is -2.42. The van der Waals surface area contributed by atoms with Crippen LogP contribution in [0.4, 0.5) is 0 Å². The SMILES string of the molecule is CCNC(=NCCc1nc2ccccc2[nH]1)NC1CCCC1.I. The Balaban J connectivity index is 0.00000192. The quantitative estimate of drug-likeness (QED) is 0.390. The Morgan fingerprint density at radius 2 is 2.09 bits per heavy atom. The van der Waals surface area contributed by atoms with Gasteiger partial charge >= 0.3 is 0 Å². The molecule has 0 aliphatic heterocycles. The molecule has 126 valence electrons. The molecule has 0 saturated heterocycles. The molecule has 0 spiro atoms. The second-order valence-electron chi connectivity index (χ2n) is 5.84. The number of aliphatic imine (C=N–C) groups is 1. The number of imidazole rings is 1. The van der Waals surface area contributed by atoms with Gasteiger partial charge in [-0.25, -0.2) is 4.98 Å². The highest BCUT2D eigenvalue weighted by Crippen LogP contribution is 2.17. The summed E-state index contributed by atoms with van der Waals surface area (Å²) in [4.78, 5) is 12.6. The first kappa shape index (κ1) is 18.0. The molecular weight excluding hydrogens is 401 g/mol. The predicted molar refractivity (Wildman–Crippen MR) is 107 cm³/mol. The Morgan fingerprint density at radius 3 is 2.83 bits per heavy atom. The monoisotopic (exact) mass is 427 g/mol. The number of hydrogen-bond acceptors (Lipinski definition) is 2. The van der Waals surface area contributed by atoms with Crippen molar-refractivity contribution in [2.24, 2.45) is 4.99 Å². The van der Waals surface area contributed by atoms with Crippen molar-refractivity contribution in [3.8, 4) is 0 Å². The molecule has 1 aliphatic carbocycles. The zero-order chi connectivity index (χ0) is 15.2. The van der Waals surface area contributed by atoms with E-state index in [1.54, 1.807) is 0 Å². The Bertz CT molecular complexity index is 598. The van der Waals surface area contributed by atoms with Crippen LogP contribution < -0.4 is 10.6 Å². The summed E-state index contributed by atoms with van der Waals surface area (Å²) in [5.74, 6) is 1.94. The summed E-state index contributed by atoms with van der Waals surface area (Å²) in [6.45, 7) is 3.73. The maximum absolute atomic E-state index is 4.68. The molecule has 0 bridgehead atoms. The van der Waals surface area contributed by atoms with Gasteiger partial charge in [0.05, 0.1) is 11.0 Å². The van der Waals surface area contributed by atoms with Crippen molar-refractivity contribution in [2.75, 3.05) is 13.1 Å². The number of aromatic amines is 1. The van der Waals surface area contributed by atoms with Crippen LogP contribution in [-0.4, -0.2) is 35.1 Å². The summed E-state index contributed by atoms with van der Waals surface area (Å²) in [5.41, 5.74) is 2.12. The lowest BCUT2D eigenvalue weighted by Gasteiger charge is -2.16. The molecule has 3 N–H and O–H groups in total. The van der Waals surface area contributed by atoms with Crippen molar-refractivity contribution in [1.82, 2.24) is 20.6 Å². The van der Waals surface area contributed by atoms with Gasteiger partial charge in [0.25, 0.3) is 0 Å². The summed E-state index contributed by atoms with van der Waals surface area (Å²) in [6, 6.07) is 8.71. The molecule has 1 aromatic carbocycles. The number of halogens is 1. The van der Waals surface area contributed by atoms with Gasteiger partial charge in [0, 0.05) is 25.6 Å². The van der Waals surface area contributed by atoms with E-state index in [4.69, 9.17) is 0 Å². The largest absolute Gasteiger partial charge is 0.357 e. The van der Waals surface area contributed by atoms with Crippen LogP contribution in [0.15, 0.2) is 29.3 Å². The van der Waals surface area contributed by atoms with Crippen LogP contribution in [0.2, 0.25) is 0 Å². The zero-order valence-electron chi connectivity index (χ0n) is 13.6. The fraction of sp³-hybridized carbons (Fsp3) is 0.529. The highest BCUT2D eigenvalue weighted by Gasteiger charge is 2.15. The highest BCUT2D eigenvalue weighted by atomic mass is 127. The fourth-order valence-electron chi connectivity index (χ4n) is 2.98. The summed E-state index contributed by atoms with van der Waals surface area (Å²) in [6.07, 6.45) is 6.00. The number of guanidine groups is 1. The number of nitrogens with zero attached hydrogens (tertiary/aromatic N) is 2. The minimum absolute atomic E-state index is 0. The van der Waals surface area contributed by atoms with Crippen LogP contribution in [0.25, 0.3) is 11.0 Å². The molecule has 1 aliphatic rings. The Kier molecular flexibility index (Phi) is 7.14. The topological polar surface area (TPSA) is 65.1 Å². The molecule has 1 heterocycles. The molecule has 0 amide bonds. The van der Waals surface area contributed by atoms with Gasteiger partial charge in [-0.3, -0.25) is 4.99 Å². The number of benzene rings is 1. The molecule has 3 rings (SSSR count). The molecular formula is C17H26IN5. The lowest BCUT2D eigenvalue weighted by molar-refractivity contribution is 0.613. The van der Waals surface area contributed by atoms with Crippen molar-refractivity contribution in [2.45, 2.75) is 45.1 Å². The third-order valence-electron chi connectivity index (χ3n) is 4.10. The van der Waals surface area contributed by atoms with E-state index in [0.29, 0.717) is 6.04 Å². The van der Waals surface area contributed by atoms with Gasteiger partial charge < -0.3 is 15.6 Å². The maximum atomic E-state index is 4.68. The smallest absolute Gasteiger partial charge is 0.191 e. The number of H-pyrrole nitrogens is 1. The second kappa shape index (κ2) is 9.10. The minimum atomic E-state index is 0. The summed E-state index contributed by atoms with van der Waals surface area (Å²) in [7, 11) is 0. The summed E-state index contributed by atoms with van der Waals surface area (Å²) in [5, 5.41) is 6.87. The lowest BCUT2D eigenvalue weighted by atomic mass is 10.2. The molecule has 0 unspecified atom stereocenters. The van der Waals surface area contributed by atoms with Crippen molar-refractivity contribution < 1.29 is 0 Å². The van der Waals surface area contributed by atoms with Gasteiger partial charge in [-0.05, 0) is 31.9 Å². The number of para-hydroxylation sites is 2. The highest BCUT2D eigenvalue weighted by molar-refractivity contribution is 14.0. The van der Waals surface area contributed by atoms with E-state index in [9.17, 15) is 0 Å². The van der Waals surface area contributed by atoms with E-state index >= 15 is 0 Å². The van der Waals surface area contributed by atoms with E-state index in [-0.39, 0.29) is 24.0 Å². The number of rotatable bonds is 5. The molecule has 0 radical (unpaired) electrons. The first-order valence-corrected chi connectivity index (χ1v) is 8.33. The van der Waals surface area contributed by atoms with Crippen molar-refractivity contribution in [3.63, 3.8) is 0 Å². The molecule has 6 heteroatoms. The average molecular weight is 427 g/mol. The third-order valence-corrected chi connectivity index (χ3v) is 4.10. The molecule has 1 aromatic heterocycles. The van der Waals surface area contributed by atoms with Gasteiger partial charge in [0.2, 0.25) is 0 Å². The van der Waals surface area contributed by atoms with Crippen molar-refractivity contribution >= 4 is 41.0 Å². The standard InChI is InChI=1S/C17H25N5.HI/c1-2-18-17(20-13-7-3-4-8-13)19-12-11-16-21-14-9-5-6-10-15(14)22-16;/h5-6,9-10,13H,2-4,7-8,11-12H2,1H3,(H,21,22)(H2,18,19,20);1H. The minimum Gasteiger partial charge on any atom is -0.357 e. The van der Waals surface area contributed by atoms with Crippen LogP contribution in [-0.2, 0) is 6.42 Å². The number of aromatic nitrogens is 2. The Hall–Kier alpha value is -1.31.